The minimum atomic E-state index is -5.08. The molecule has 0 bridgehead atoms. The van der Waals surface area contributed by atoms with Crippen molar-refractivity contribution in [1.82, 2.24) is 25.3 Å². The molecule has 7 rings (SSSR count). The first-order chi connectivity index (χ1) is 31.6. The Morgan fingerprint density at radius 1 is 0.597 bits per heavy atom. The molecule has 0 radical (unpaired) electrons. The molecule has 2 fully saturated rings. The van der Waals surface area contributed by atoms with E-state index in [-0.39, 0.29) is 69.1 Å². The Hall–Kier alpha value is -7.00. The number of para-hydroxylation sites is 2. The number of halogens is 10. The van der Waals surface area contributed by atoms with Gasteiger partial charge in [-0.25, -0.2) is 27.2 Å². The molecule has 3 heterocycles. The van der Waals surface area contributed by atoms with Crippen LogP contribution in [0.3, 0.4) is 0 Å². The van der Waals surface area contributed by atoms with E-state index < -0.39 is 73.2 Å². The number of alkyl halides is 10. The van der Waals surface area contributed by atoms with Crippen LogP contribution < -0.4 is 15.1 Å². The zero-order chi connectivity index (χ0) is 48.6. The molecule has 4 aromatic carbocycles. The summed E-state index contributed by atoms with van der Waals surface area (Å²) in [6.07, 6.45) is -11.4. The number of ketones is 1. The summed E-state index contributed by atoms with van der Waals surface area (Å²) in [7, 11) is 0. The Balaban J connectivity index is 0.000000221. The smallest absolute Gasteiger partial charge is 0.413 e. The Labute approximate surface area is 376 Å². The molecule has 0 unspecified atom stereocenters. The predicted octanol–water partition coefficient (Wildman–Crippen LogP) is 10.0. The van der Waals surface area contributed by atoms with E-state index in [2.05, 4.69) is 14.6 Å². The number of Topliss-reactive ketones (excluding diaryl/α,β-unsaturated/α-hetero) is 1. The zero-order valence-corrected chi connectivity index (χ0v) is 35.2. The maximum Gasteiger partial charge on any atom is 0.471 e. The Bertz CT molecular complexity index is 2450. The molecule has 12 nitrogen and oxygen atoms in total. The van der Waals surface area contributed by atoms with E-state index >= 15 is 0 Å². The highest BCUT2D eigenvalue weighted by molar-refractivity contribution is 6.00. The second kappa shape index (κ2) is 20.7. The first-order valence-corrected chi connectivity index (χ1v) is 20.5. The molecule has 5 aromatic rings. The van der Waals surface area contributed by atoms with Gasteiger partial charge in [-0.1, -0.05) is 72.8 Å². The van der Waals surface area contributed by atoms with Gasteiger partial charge >= 0.3 is 36.2 Å². The van der Waals surface area contributed by atoms with Crippen LogP contribution in [0.4, 0.5) is 64.9 Å². The molecular formula is C45H41F10N7O5. The van der Waals surface area contributed by atoms with Gasteiger partial charge in [-0.15, -0.1) is 10.2 Å². The molecule has 1 N–H and O–H groups in total. The highest BCUT2D eigenvalue weighted by Gasteiger charge is 2.41. The lowest BCUT2D eigenvalue weighted by Gasteiger charge is -2.35. The number of carbonyl (C=O) groups excluding carboxylic acids is 4. The van der Waals surface area contributed by atoms with Gasteiger partial charge in [0.05, 0.1) is 19.6 Å². The standard InChI is InChI=1S/C23H22F5N3O3.C22H19F5N4O2/c24-22(25)10-12-30(13-11-22)21(34)31(18-4-2-1-3-5-18)15-16-6-8-17(9-7-16)19(32)14-29-20(33)23(26,27)28;23-21(24)10-12-30(13-11-21)20(32)31(17-4-2-1-3-5-17)14-15-6-8-16(9-7-15)18-28-29-19(33-18)22(25,26)27/h1-9H,10-15H2,(H,29,33);1-9H,10-14H2. The number of aromatic nitrogens is 2. The second-order valence-electron chi connectivity index (χ2n) is 15.5. The number of anilines is 2. The van der Waals surface area contributed by atoms with Crippen LogP contribution in [0.25, 0.3) is 11.5 Å². The number of piperidine rings is 2. The van der Waals surface area contributed by atoms with Crippen molar-refractivity contribution in [2.45, 2.75) is 63.0 Å². The van der Waals surface area contributed by atoms with Crippen LogP contribution in [-0.2, 0) is 24.1 Å². The average molecular weight is 950 g/mol. The van der Waals surface area contributed by atoms with Crippen molar-refractivity contribution in [1.29, 1.82) is 0 Å². The van der Waals surface area contributed by atoms with E-state index in [1.54, 1.807) is 72.8 Å². The third kappa shape index (κ3) is 13.5. The van der Waals surface area contributed by atoms with Gasteiger partial charge in [0, 0.05) is 74.4 Å². The first-order valence-electron chi connectivity index (χ1n) is 20.5. The average Bonchev–Trinajstić information content (AvgIpc) is 3.81. The second-order valence-corrected chi connectivity index (χ2v) is 15.5. The van der Waals surface area contributed by atoms with E-state index in [0.29, 0.717) is 22.5 Å². The molecule has 1 aromatic heterocycles. The molecule has 67 heavy (non-hydrogen) atoms. The normalized spacial score (nSPS) is 15.7. The summed E-state index contributed by atoms with van der Waals surface area (Å²) in [6, 6.07) is 28.7. The Morgan fingerprint density at radius 3 is 1.40 bits per heavy atom. The van der Waals surface area contributed by atoms with Crippen LogP contribution in [-0.4, -0.2) is 94.5 Å². The lowest BCUT2D eigenvalue weighted by atomic mass is 10.1. The molecule has 2 aliphatic rings. The Kier molecular flexibility index (Phi) is 15.2. The number of amides is 5. The summed E-state index contributed by atoms with van der Waals surface area (Å²) in [5, 5.41) is 7.95. The maximum absolute atomic E-state index is 13.5. The van der Waals surface area contributed by atoms with Gasteiger partial charge in [-0.2, -0.15) is 26.3 Å². The topological polar surface area (TPSA) is 132 Å². The van der Waals surface area contributed by atoms with Crippen LogP contribution in [0.2, 0.25) is 0 Å². The summed E-state index contributed by atoms with van der Waals surface area (Å²) >= 11 is 0. The number of rotatable bonds is 10. The number of nitrogens with zero attached hydrogens (tertiary/aromatic N) is 6. The van der Waals surface area contributed by atoms with Gasteiger partial charge in [-0.3, -0.25) is 19.4 Å². The lowest BCUT2D eigenvalue weighted by molar-refractivity contribution is -0.173. The fourth-order valence-electron chi connectivity index (χ4n) is 6.88. The number of benzene rings is 4. The SMILES string of the molecule is O=C(CNC(=O)C(F)(F)F)c1ccc(CN(C(=O)N2CCC(F)(F)CC2)c2ccccc2)cc1.O=C(N1CCC(F)(F)CC1)N(Cc1ccc(-c2nnc(C(F)(F)F)o2)cc1)c1ccccc1. The van der Waals surface area contributed by atoms with Gasteiger partial charge in [-0.05, 0) is 47.5 Å². The van der Waals surface area contributed by atoms with E-state index in [1.807, 2.05) is 0 Å². The summed E-state index contributed by atoms with van der Waals surface area (Å²) in [5.41, 5.74) is 2.81. The number of hydrogen-bond donors (Lipinski definition) is 1. The first kappa shape index (κ1) is 49.4. The molecule has 0 spiro atoms. The molecule has 2 aliphatic heterocycles. The maximum atomic E-state index is 13.5. The van der Waals surface area contributed by atoms with Crippen LogP contribution in [0.15, 0.2) is 114 Å². The third-order valence-electron chi connectivity index (χ3n) is 10.6. The Morgan fingerprint density at radius 2 is 1.01 bits per heavy atom. The summed E-state index contributed by atoms with van der Waals surface area (Å²) < 4.78 is 134. The molecule has 22 heteroatoms. The predicted molar refractivity (Wildman–Crippen MR) is 222 cm³/mol. The summed E-state index contributed by atoms with van der Waals surface area (Å²) in [6.45, 7) is -0.854. The van der Waals surface area contributed by atoms with E-state index in [1.165, 1.54) is 61.3 Å². The molecule has 0 aliphatic carbocycles. The lowest BCUT2D eigenvalue weighted by Crippen LogP contribution is -2.48. The number of carbonyl (C=O) groups is 4. The van der Waals surface area contributed by atoms with Gasteiger partial charge in [0.1, 0.15) is 0 Å². The van der Waals surface area contributed by atoms with Gasteiger partial charge in [0.25, 0.3) is 11.8 Å². The molecule has 0 saturated carbocycles. The van der Waals surface area contributed by atoms with Crippen molar-refractivity contribution >= 4 is 35.1 Å². The monoisotopic (exact) mass is 949 g/mol. The number of likely N-dealkylation sites (tertiary alicyclic amines) is 2. The van der Waals surface area contributed by atoms with Crippen LogP contribution >= 0.6 is 0 Å². The quantitative estimate of drug-likeness (QED) is 0.109. The molecule has 5 amide bonds. The van der Waals surface area contributed by atoms with E-state index in [9.17, 15) is 63.1 Å². The van der Waals surface area contributed by atoms with Crippen molar-refractivity contribution in [3.63, 3.8) is 0 Å². The minimum absolute atomic E-state index is 0.0488. The molecule has 0 atom stereocenters. The van der Waals surface area contributed by atoms with Crippen molar-refractivity contribution in [2.75, 3.05) is 42.5 Å². The van der Waals surface area contributed by atoms with Gasteiger partial charge in [0.15, 0.2) is 5.78 Å². The highest BCUT2D eigenvalue weighted by Crippen LogP contribution is 2.33. The zero-order valence-electron chi connectivity index (χ0n) is 35.2. The fraction of sp³-hybridized carbons (Fsp3) is 0.333. The van der Waals surface area contributed by atoms with E-state index in [4.69, 9.17) is 0 Å². The van der Waals surface area contributed by atoms with Crippen LogP contribution in [0, 0.1) is 0 Å². The van der Waals surface area contributed by atoms with Crippen LogP contribution in [0.5, 0.6) is 0 Å². The largest absolute Gasteiger partial charge is 0.471 e. The van der Waals surface area contributed by atoms with E-state index in [0.717, 1.165) is 0 Å². The highest BCUT2D eigenvalue weighted by atomic mass is 19.4. The van der Waals surface area contributed by atoms with Crippen molar-refractivity contribution in [3.8, 4) is 11.5 Å². The number of hydrogen-bond acceptors (Lipinski definition) is 7. The third-order valence-corrected chi connectivity index (χ3v) is 10.6. The fourth-order valence-corrected chi connectivity index (χ4v) is 6.88. The summed E-state index contributed by atoms with van der Waals surface area (Å²) in [4.78, 5) is 54.9. The number of nitrogens with one attached hydrogen (secondary N) is 1. The van der Waals surface area contributed by atoms with Crippen molar-refractivity contribution in [2.24, 2.45) is 0 Å². The van der Waals surface area contributed by atoms with Crippen LogP contribution in [0.1, 0.15) is 53.1 Å². The molecular weight excluding hydrogens is 909 g/mol. The number of urea groups is 2. The van der Waals surface area contributed by atoms with Gasteiger partial charge < -0.3 is 19.5 Å². The molecule has 2 saturated heterocycles. The van der Waals surface area contributed by atoms with Crippen molar-refractivity contribution < 1.29 is 67.5 Å². The van der Waals surface area contributed by atoms with Gasteiger partial charge in [0.2, 0.25) is 5.89 Å². The molecule has 356 valence electrons. The summed E-state index contributed by atoms with van der Waals surface area (Å²) in [5.74, 6) is -10.2. The van der Waals surface area contributed by atoms with Crippen molar-refractivity contribution in [3.05, 3.63) is 132 Å². The minimum Gasteiger partial charge on any atom is -0.413 e.